The van der Waals surface area contributed by atoms with Crippen LogP contribution >= 0.6 is 0 Å². The lowest BCUT2D eigenvalue weighted by Crippen LogP contribution is -2.51. The average molecular weight is 258 g/mol. The number of carbonyl (C=O) groups is 1. The monoisotopic (exact) mass is 258 g/mol. The van der Waals surface area contributed by atoms with Gasteiger partial charge in [-0.2, -0.15) is 5.26 Å². The van der Waals surface area contributed by atoms with Crippen LogP contribution < -0.4 is 4.90 Å². The topological polar surface area (TPSA) is 69.5 Å². The second-order valence-electron chi connectivity index (χ2n) is 4.84. The zero-order valence-electron chi connectivity index (χ0n) is 10.6. The standard InChI is InChI=1S/C13H14N4O2/c1-16-10-6-17(7-11(10)19-8-13(16)18)12-3-2-9(4-14)5-15-12/h2-3,5,10-11H,6-8H2,1H3/t10-,11+/m1/s1. The van der Waals surface area contributed by atoms with Gasteiger partial charge in [0.05, 0.1) is 17.7 Å². The van der Waals surface area contributed by atoms with Crippen LogP contribution in [0.1, 0.15) is 5.56 Å². The van der Waals surface area contributed by atoms with E-state index in [1.165, 1.54) is 0 Å². The maximum Gasteiger partial charge on any atom is 0.248 e. The van der Waals surface area contributed by atoms with Gasteiger partial charge >= 0.3 is 0 Å². The molecule has 2 saturated heterocycles. The van der Waals surface area contributed by atoms with Crippen LogP contribution in [0.15, 0.2) is 18.3 Å². The first-order valence-electron chi connectivity index (χ1n) is 6.17. The van der Waals surface area contributed by atoms with Crippen LogP contribution in [0.25, 0.3) is 0 Å². The highest BCUT2D eigenvalue weighted by atomic mass is 16.5. The van der Waals surface area contributed by atoms with E-state index in [0.717, 1.165) is 12.4 Å². The van der Waals surface area contributed by atoms with E-state index in [-0.39, 0.29) is 24.7 Å². The van der Waals surface area contributed by atoms with Crippen molar-refractivity contribution in [1.29, 1.82) is 5.26 Å². The van der Waals surface area contributed by atoms with Gasteiger partial charge in [-0.05, 0) is 12.1 Å². The Labute approximate surface area is 111 Å². The largest absolute Gasteiger partial charge is 0.364 e. The quantitative estimate of drug-likeness (QED) is 0.709. The van der Waals surface area contributed by atoms with Crippen molar-refractivity contribution in [3.63, 3.8) is 0 Å². The summed E-state index contributed by atoms with van der Waals surface area (Å²) in [6.45, 7) is 1.60. The van der Waals surface area contributed by atoms with Gasteiger partial charge in [0.15, 0.2) is 0 Å². The Morgan fingerprint density at radius 3 is 3.00 bits per heavy atom. The van der Waals surface area contributed by atoms with E-state index >= 15 is 0 Å². The molecule has 0 aromatic carbocycles. The number of aromatic nitrogens is 1. The Kier molecular flexibility index (Phi) is 2.84. The predicted molar refractivity (Wildman–Crippen MR) is 67.5 cm³/mol. The minimum Gasteiger partial charge on any atom is -0.364 e. The lowest BCUT2D eigenvalue weighted by molar-refractivity contribution is -0.150. The number of amides is 1. The number of nitriles is 1. The van der Waals surface area contributed by atoms with Crippen LogP contribution in [0.4, 0.5) is 5.82 Å². The molecule has 0 unspecified atom stereocenters. The molecule has 98 valence electrons. The number of anilines is 1. The van der Waals surface area contributed by atoms with Gasteiger partial charge in [0, 0.05) is 26.3 Å². The minimum absolute atomic E-state index is 0.0240. The second-order valence-corrected chi connectivity index (χ2v) is 4.84. The number of ether oxygens (including phenoxy) is 1. The van der Waals surface area contributed by atoms with E-state index in [1.807, 2.05) is 19.2 Å². The SMILES string of the molecule is CN1C(=O)CO[C@H]2CN(c3ccc(C#N)cn3)C[C@H]21. The van der Waals surface area contributed by atoms with E-state index < -0.39 is 0 Å². The lowest BCUT2D eigenvalue weighted by atomic mass is 10.1. The fourth-order valence-corrected chi connectivity index (χ4v) is 2.58. The molecule has 1 aromatic rings. The zero-order valence-corrected chi connectivity index (χ0v) is 10.6. The van der Waals surface area contributed by atoms with E-state index in [4.69, 9.17) is 10.00 Å². The summed E-state index contributed by atoms with van der Waals surface area (Å²) in [5.74, 6) is 0.841. The summed E-state index contributed by atoms with van der Waals surface area (Å²) < 4.78 is 5.57. The van der Waals surface area contributed by atoms with Gasteiger partial charge in [0.2, 0.25) is 5.91 Å². The predicted octanol–water partition coefficient (Wildman–Crippen LogP) is -0.000920. The third-order valence-corrected chi connectivity index (χ3v) is 3.75. The zero-order chi connectivity index (χ0) is 13.4. The first-order chi connectivity index (χ1) is 9.19. The Morgan fingerprint density at radius 1 is 1.47 bits per heavy atom. The molecule has 0 spiro atoms. The van der Waals surface area contributed by atoms with Crippen LogP contribution in [-0.2, 0) is 9.53 Å². The van der Waals surface area contributed by atoms with Crippen molar-refractivity contribution in [3.05, 3.63) is 23.9 Å². The van der Waals surface area contributed by atoms with Gasteiger partial charge in [-0.1, -0.05) is 0 Å². The molecule has 2 aliphatic heterocycles. The van der Waals surface area contributed by atoms with E-state index in [9.17, 15) is 4.79 Å². The molecular weight excluding hydrogens is 244 g/mol. The summed E-state index contributed by atoms with van der Waals surface area (Å²) in [5, 5.41) is 8.76. The van der Waals surface area contributed by atoms with Crippen LogP contribution in [0.5, 0.6) is 0 Å². The molecule has 6 heteroatoms. The maximum atomic E-state index is 11.6. The second kappa shape index (κ2) is 4.52. The van der Waals surface area contributed by atoms with E-state index in [1.54, 1.807) is 17.2 Å². The van der Waals surface area contributed by atoms with Crippen LogP contribution in [-0.4, -0.2) is 54.7 Å². The summed E-state index contributed by atoms with van der Waals surface area (Å²) in [6.07, 6.45) is 1.60. The summed E-state index contributed by atoms with van der Waals surface area (Å²) in [4.78, 5) is 19.7. The van der Waals surface area contributed by atoms with Crippen LogP contribution in [0, 0.1) is 11.3 Å². The molecule has 0 N–H and O–H groups in total. The van der Waals surface area contributed by atoms with Gasteiger partial charge in [-0.3, -0.25) is 4.79 Å². The first-order valence-corrected chi connectivity index (χ1v) is 6.17. The van der Waals surface area contributed by atoms with Crippen molar-refractivity contribution in [2.24, 2.45) is 0 Å². The van der Waals surface area contributed by atoms with Gasteiger partial charge in [0.1, 0.15) is 18.5 Å². The molecule has 2 aliphatic rings. The van der Waals surface area contributed by atoms with Gasteiger partial charge in [-0.15, -0.1) is 0 Å². The van der Waals surface area contributed by atoms with Crippen molar-refractivity contribution >= 4 is 11.7 Å². The Bertz CT molecular complexity index is 537. The lowest BCUT2D eigenvalue weighted by Gasteiger charge is -2.33. The molecule has 0 radical (unpaired) electrons. The number of nitrogens with zero attached hydrogens (tertiary/aromatic N) is 4. The van der Waals surface area contributed by atoms with Crippen molar-refractivity contribution in [2.75, 3.05) is 31.6 Å². The molecule has 2 fully saturated rings. The molecule has 1 aromatic heterocycles. The van der Waals surface area contributed by atoms with E-state index in [0.29, 0.717) is 12.1 Å². The van der Waals surface area contributed by atoms with Crippen molar-refractivity contribution < 1.29 is 9.53 Å². The van der Waals surface area contributed by atoms with Gasteiger partial charge in [-0.25, -0.2) is 4.98 Å². The molecule has 1 amide bonds. The number of morpholine rings is 1. The smallest absolute Gasteiger partial charge is 0.248 e. The number of pyridine rings is 1. The highest BCUT2D eigenvalue weighted by Gasteiger charge is 2.41. The number of fused-ring (bicyclic) bond motifs is 1. The van der Waals surface area contributed by atoms with Crippen LogP contribution in [0.3, 0.4) is 0 Å². The summed E-state index contributed by atoms with van der Waals surface area (Å²) >= 11 is 0. The summed E-state index contributed by atoms with van der Waals surface area (Å²) in [7, 11) is 1.82. The average Bonchev–Trinajstić information content (AvgIpc) is 2.88. The van der Waals surface area contributed by atoms with Crippen LogP contribution in [0.2, 0.25) is 0 Å². The maximum absolute atomic E-state index is 11.6. The van der Waals surface area contributed by atoms with Gasteiger partial charge in [0.25, 0.3) is 0 Å². The highest BCUT2D eigenvalue weighted by molar-refractivity contribution is 5.78. The number of rotatable bonds is 1. The number of likely N-dealkylation sites (N-methyl/N-ethyl adjacent to an activating group) is 1. The van der Waals surface area contributed by atoms with Crippen molar-refractivity contribution in [2.45, 2.75) is 12.1 Å². The fraction of sp³-hybridized carbons (Fsp3) is 0.462. The number of hydrogen-bond donors (Lipinski definition) is 0. The summed E-state index contributed by atoms with van der Waals surface area (Å²) in [6, 6.07) is 5.71. The highest BCUT2D eigenvalue weighted by Crippen LogP contribution is 2.25. The van der Waals surface area contributed by atoms with E-state index in [2.05, 4.69) is 9.88 Å². The molecular formula is C13H14N4O2. The minimum atomic E-state index is 0.0240. The number of carbonyl (C=O) groups excluding carboxylic acids is 1. The van der Waals surface area contributed by atoms with Crippen molar-refractivity contribution in [1.82, 2.24) is 9.88 Å². The molecule has 0 bridgehead atoms. The molecule has 2 atom stereocenters. The molecule has 19 heavy (non-hydrogen) atoms. The van der Waals surface area contributed by atoms with Crippen molar-refractivity contribution in [3.8, 4) is 6.07 Å². The van der Waals surface area contributed by atoms with Gasteiger partial charge < -0.3 is 14.5 Å². The normalized spacial score (nSPS) is 26.2. The number of hydrogen-bond acceptors (Lipinski definition) is 5. The first kappa shape index (κ1) is 11.9. The Morgan fingerprint density at radius 2 is 2.32 bits per heavy atom. The molecule has 6 nitrogen and oxygen atoms in total. The summed E-state index contributed by atoms with van der Waals surface area (Å²) in [5.41, 5.74) is 0.545. The molecule has 3 heterocycles. The molecule has 0 aliphatic carbocycles. The fourth-order valence-electron chi connectivity index (χ4n) is 2.58. The third-order valence-electron chi connectivity index (χ3n) is 3.75. The molecule has 0 saturated carbocycles. The Balaban J connectivity index is 1.78. The third kappa shape index (κ3) is 2.02. The Hall–Kier alpha value is -2.13. The molecule has 3 rings (SSSR count).